The Morgan fingerprint density at radius 3 is 2.66 bits per heavy atom. The Morgan fingerprint density at radius 1 is 1.09 bits per heavy atom. The zero-order valence-electron chi connectivity index (χ0n) is 21.0. The van der Waals surface area contributed by atoms with Gasteiger partial charge in [-0.2, -0.15) is 0 Å². The first kappa shape index (κ1) is 23.6. The summed E-state index contributed by atoms with van der Waals surface area (Å²) in [6, 6.07) is 5.26. The van der Waals surface area contributed by atoms with Gasteiger partial charge in [0.1, 0.15) is 5.82 Å². The smallest absolute Gasteiger partial charge is 0.213 e. The minimum atomic E-state index is -0.308. The zero-order valence-corrected chi connectivity index (χ0v) is 21.0. The van der Waals surface area contributed by atoms with E-state index in [4.69, 9.17) is 4.74 Å². The van der Waals surface area contributed by atoms with Crippen LogP contribution in [0.15, 0.2) is 30.6 Å². The van der Waals surface area contributed by atoms with Crippen LogP contribution in [-0.4, -0.2) is 75.3 Å². The highest BCUT2D eigenvalue weighted by molar-refractivity contribution is 6.11. The summed E-state index contributed by atoms with van der Waals surface area (Å²) in [4.78, 5) is 15.8. The van der Waals surface area contributed by atoms with Crippen LogP contribution in [0, 0.1) is 5.82 Å². The molecule has 1 N–H and O–H groups in total. The van der Waals surface area contributed by atoms with E-state index in [1.165, 1.54) is 38.4 Å². The summed E-state index contributed by atoms with van der Waals surface area (Å²) < 4.78 is 21.3. The lowest BCUT2D eigenvalue weighted by Gasteiger charge is -2.26. The van der Waals surface area contributed by atoms with E-state index in [0.717, 1.165) is 47.5 Å². The van der Waals surface area contributed by atoms with Gasteiger partial charge in [-0.1, -0.05) is 6.42 Å². The maximum Gasteiger partial charge on any atom is 0.213 e. The molecular formula is C27H35FN6O. The number of nitrogens with zero attached hydrogens (tertiary/aromatic N) is 5. The van der Waals surface area contributed by atoms with Gasteiger partial charge in [0.05, 0.1) is 35.4 Å². The second-order valence-electron chi connectivity index (χ2n) is 9.73. The van der Waals surface area contributed by atoms with Gasteiger partial charge in [0.15, 0.2) is 0 Å². The summed E-state index contributed by atoms with van der Waals surface area (Å²) in [6.45, 7) is 5.60. The molecule has 0 amide bonds. The van der Waals surface area contributed by atoms with E-state index in [1.54, 1.807) is 6.20 Å². The topological polar surface area (TPSA) is 56.8 Å². The quantitative estimate of drug-likeness (QED) is 0.498. The average Bonchev–Trinajstić information content (AvgIpc) is 3.03. The minimum Gasteiger partial charge on any atom is -0.478 e. The SMILES string of the molecule is CN(C)c1cnc2cc(F)c(-c3ccc(OCCCN4CCCCC4)nc3)c3c2c1N(C)CCN3. The van der Waals surface area contributed by atoms with Crippen molar-refractivity contribution in [1.29, 1.82) is 0 Å². The molecule has 5 rings (SSSR count). The van der Waals surface area contributed by atoms with Crippen LogP contribution in [-0.2, 0) is 0 Å². The predicted octanol–water partition coefficient (Wildman–Crippen LogP) is 4.62. The van der Waals surface area contributed by atoms with Gasteiger partial charge in [0, 0.05) is 75.6 Å². The van der Waals surface area contributed by atoms with Crippen LogP contribution in [0.2, 0.25) is 0 Å². The van der Waals surface area contributed by atoms with Crippen molar-refractivity contribution in [1.82, 2.24) is 14.9 Å². The van der Waals surface area contributed by atoms with Crippen molar-refractivity contribution in [3.05, 3.63) is 36.4 Å². The molecule has 2 aliphatic heterocycles. The van der Waals surface area contributed by atoms with E-state index in [0.29, 0.717) is 30.1 Å². The molecule has 1 aromatic carbocycles. The summed E-state index contributed by atoms with van der Waals surface area (Å²) in [6.07, 6.45) is 8.46. The van der Waals surface area contributed by atoms with E-state index in [9.17, 15) is 0 Å². The molecule has 35 heavy (non-hydrogen) atoms. The largest absolute Gasteiger partial charge is 0.478 e. The maximum absolute atomic E-state index is 15.5. The Bertz CT molecular complexity index is 1180. The van der Waals surface area contributed by atoms with Crippen LogP contribution in [0.3, 0.4) is 0 Å². The van der Waals surface area contributed by atoms with Crippen molar-refractivity contribution in [2.45, 2.75) is 25.7 Å². The molecule has 7 nitrogen and oxygen atoms in total. The van der Waals surface area contributed by atoms with Gasteiger partial charge in [-0.05, 0) is 38.4 Å². The molecule has 0 bridgehead atoms. The summed E-state index contributed by atoms with van der Waals surface area (Å²) in [5.74, 6) is 0.266. The fourth-order valence-electron chi connectivity index (χ4n) is 5.19. The molecule has 8 heteroatoms. The van der Waals surface area contributed by atoms with Crippen molar-refractivity contribution in [3.8, 4) is 17.0 Å². The Hall–Kier alpha value is -3.13. The summed E-state index contributed by atoms with van der Waals surface area (Å²) in [5.41, 5.74) is 4.73. The summed E-state index contributed by atoms with van der Waals surface area (Å²) in [7, 11) is 6.08. The van der Waals surface area contributed by atoms with E-state index in [1.807, 2.05) is 32.4 Å². The molecule has 0 spiro atoms. The van der Waals surface area contributed by atoms with Gasteiger partial charge in [0.25, 0.3) is 0 Å². The van der Waals surface area contributed by atoms with Gasteiger partial charge >= 0.3 is 0 Å². The number of likely N-dealkylation sites (tertiary alicyclic amines) is 1. The molecule has 1 fully saturated rings. The van der Waals surface area contributed by atoms with Gasteiger partial charge < -0.3 is 24.8 Å². The number of benzene rings is 1. The molecule has 0 radical (unpaired) electrons. The highest BCUT2D eigenvalue weighted by atomic mass is 19.1. The third-order valence-electron chi connectivity index (χ3n) is 7.02. The second kappa shape index (κ2) is 10.2. The molecule has 2 aromatic heterocycles. The number of nitrogens with one attached hydrogen (secondary N) is 1. The van der Waals surface area contributed by atoms with E-state index in [2.05, 4.69) is 37.0 Å². The number of piperidine rings is 1. The lowest BCUT2D eigenvalue weighted by Crippen LogP contribution is -2.31. The second-order valence-corrected chi connectivity index (χ2v) is 9.73. The predicted molar refractivity (Wildman–Crippen MR) is 141 cm³/mol. The van der Waals surface area contributed by atoms with Crippen LogP contribution >= 0.6 is 0 Å². The molecule has 0 saturated carbocycles. The first-order chi connectivity index (χ1) is 17.0. The first-order valence-electron chi connectivity index (χ1n) is 12.6. The Morgan fingerprint density at radius 2 is 1.91 bits per heavy atom. The molecule has 0 atom stereocenters. The molecule has 0 unspecified atom stereocenters. The monoisotopic (exact) mass is 478 g/mol. The normalized spacial score (nSPS) is 16.2. The Balaban J connectivity index is 1.40. The number of halogens is 1. The van der Waals surface area contributed by atoms with Crippen molar-refractivity contribution in [2.75, 3.05) is 75.6 Å². The third-order valence-corrected chi connectivity index (χ3v) is 7.02. The highest BCUT2D eigenvalue weighted by Crippen LogP contribution is 2.45. The fraction of sp³-hybridized carbons (Fsp3) is 0.481. The van der Waals surface area contributed by atoms with E-state index >= 15 is 4.39 Å². The number of likely N-dealkylation sites (N-methyl/N-ethyl adjacent to an activating group) is 1. The third kappa shape index (κ3) is 4.85. The maximum atomic E-state index is 15.5. The Labute approximate surface area is 206 Å². The Kier molecular flexibility index (Phi) is 6.90. The van der Waals surface area contributed by atoms with Crippen LogP contribution in [0.1, 0.15) is 25.7 Å². The molecule has 1 saturated heterocycles. The molecule has 0 aliphatic carbocycles. The average molecular weight is 479 g/mol. The van der Waals surface area contributed by atoms with Gasteiger partial charge in [0.2, 0.25) is 5.88 Å². The summed E-state index contributed by atoms with van der Waals surface area (Å²) in [5, 5.41) is 4.41. The van der Waals surface area contributed by atoms with E-state index < -0.39 is 0 Å². The molecule has 2 aliphatic rings. The number of pyridine rings is 2. The minimum absolute atomic E-state index is 0.308. The zero-order chi connectivity index (χ0) is 24.4. The van der Waals surface area contributed by atoms with E-state index in [-0.39, 0.29) is 5.82 Å². The molecule has 186 valence electrons. The van der Waals surface area contributed by atoms with Gasteiger partial charge in [-0.25, -0.2) is 9.37 Å². The molecule has 3 aromatic rings. The van der Waals surface area contributed by atoms with Crippen LogP contribution in [0.4, 0.5) is 21.5 Å². The van der Waals surface area contributed by atoms with Crippen LogP contribution in [0.5, 0.6) is 5.88 Å². The number of hydrogen-bond acceptors (Lipinski definition) is 7. The number of ether oxygens (including phenoxy) is 1. The van der Waals surface area contributed by atoms with Crippen molar-refractivity contribution < 1.29 is 9.13 Å². The number of hydrogen-bond donors (Lipinski definition) is 1. The van der Waals surface area contributed by atoms with Crippen molar-refractivity contribution in [2.24, 2.45) is 0 Å². The lowest BCUT2D eigenvalue weighted by molar-refractivity contribution is 0.203. The van der Waals surface area contributed by atoms with Crippen LogP contribution < -0.4 is 19.9 Å². The number of rotatable bonds is 7. The standard InChI is InChI=1S/C27H35FN6O/c1-32(2)22-18-30-21-16-20(28)24(26-25(21)27(22)33(3)14-10-29-26)19-8-9-23(31-17-19)35-15-7-13-34-11-5-4-6-12-34/h8-9,16-18,29H,4-7,10-15H2,1-3H3. The van der Waals surface area contributed by atoms with Gasteiger partial charge in [-0.3, -0.25) is 4.98 Å². The molecule has 4 heterocycles. The van der Waals surface area contributed by atoms with Crippen molar-refractivity contribution >= 4 is 28.0 Å². The fourth-order valence-corrected chi connectivity index (χ4v) is 5.19. The van der Waals surface area contributed by atoms with Gasteiger partial charge in [-0.15, -0.1) is 0 Å². The summed E-state index contributed by atoms with van der Waals surface area (Å²) >= 11 is 0. The number of aromatic nitrogens is 2. The number of anilines is 3. The lowest BCUT2D eigenvalue weighted by atomic mass is 9.99. The molecular weight excluding hydrogens is 443 g/mol. The first-order valence-corrected chi connectivity index (χ1v) is 12.6. The van der Waals surface area contributed by atoms with Crippen molar-refractivity contribution in [3.63, 3.8) is 0 Å². The highest BCUT2D eigenvalue weighted by Gasteiger charge is 2.25. The van der Waals surface area contributed by atoms with Crippen LogP contribution in [0.25, 0.3) is 22.0 Å².